The van der Waals surface area contributed by atoms with Crippen molar-refractivity contribution < 1.29 is 22.7 Å². The maximum Gasteiger partial charge on any atom is 0.337 e. The number of esters is 1. The SMILES string of the molecule is COC(=O)c1cccc(S(=O)(=O)NCC2COCCN2)c1. The van der Waals surface area contributed by atoms with Gasteiger partial charge in [-0.05, 0) is 18.2 Å². The van der Waals surface area contributed by atoms with Crippen molar-refractivity contribution in [3.8, 4) is 0 Å². The van der Waals surface area contributed by atoms with Crippen molar-refractivity contribution in [3.05, 3.63) is 29.8 Å². The van der Waals surface area contributed by atoms with E-state index in [4.69, 9.17) is 4.74 Å². The average Bonchev–Trinajstić information content (AvgIpc) is 2.53. The molecule has 1 fully saturated rings. The average molecular weight is 314 g/mol. The van der Waals surface area contributed by atoms with Crippen LogP contribution in [0.25, 0.3) is 0 Å². The molecule has 7 nitrogen and oxygen atoms in total. The summed E-state index contributed by atoms with van der Waals surface area (Å²) in [6, 6.07) is 5.67. The van der Waals surface area contributed by atoms with Crippen molar-refractivity contribution in [3.63, 3.8) is 0 Å². The largest absolute Gasteiger partial charge is 0.465 e. The molecule has 1 heterocycles. The molecule has 0 amide bonds. The van der Waals surface area contributed by atoms with Crippen LogP contribution in [-0.2, 0) is 19.5 Å². The number of carbonyl (C=O) groups is 1. The molecule has 0 aromatic heterocycles. The van der Waals surface area contributed by atoms with Gasteiger partial charge in [-0.1, -0.05) is 6.07 Å². The summed E-state index contributed by atoms with van der Waals surface area (Å²) in [5.41, 5.74) is 0.194. The van der Waals surface area contributed by atoms with Gasteiger partial charge in [0.2, 0.25) is 10.0 Å². The summed E-state index contributed by atoms with van der Waals surface area (Å²) in [6.45, 7) is 2.02. The summed E-state index contributed by atoms with van der Waals surface area (Å²) in [5.74, 6) is -0.575. The summed E-state index contributed by atoms with van der Waals surface area (Å²) in [5, 5.41) is 3.16. The molecule has 116 valence electrons. The van der Waals surface area contributed by atoms with Crippen LogP contribution in [0, 0.1) is 0 Å². The van der Waals surface area contributed by atoms with E-state index in [2.05, 4.69) is 14.8 Å². The third-order valence-electron chi connectivity index (χ3n) is 3.08. The quantitative estimate of drug-likeness (QED) is 0.727. The molecule has 1 saturated heterocycles. The molecule has 8 heteroatoms. The fourth-order valence-electron chi connectivity index (χ4n) is 1.95. The number of carbonyl (C=O) groups excluding carboxylic acids is 1. The third kappa shape index (κ3) is 4.24. The molecule has 0 radical (unpaired) electrons. The fraction of sp³-hybridized carbons (Fsp3) is 0.462. The Bertz CT molecular complexity index is 596. The monoisotopic (exact) mass is 314 g/mol. The molecule has 0 spiro atoms. The smallest absolute Gasteiger partial charge is 0.337 e. The molecular formula is C13H18N2O5S. The van der Waals surface area contributed by atoms with Gasteiger partial charge in [0.15, 0.2) is 0 Å². The zero-order valence-electron chi connectivity index (χ0n) is 11.7. The van der Waals surface area contributed by atoms with Gasteiger partial charge in [-0.15, -0.1) is 0 Å². The Morgan fingerprint density at radius 2 is 2.33 bits per heavy atom. The molecule has 1 aromatic carbocycles. The first-order chi connectivity index (χ1) is 10.0. The number of rotatable bonds is 5. The predicted molar refractivity (Wildman–Crippen MR) is 75.6 cm³/mol. The highest BCUT2D eigenvalue weighted by molar-refractivity contribution is 7.89. The number of morpholine rings is 1. The van der Waals surface area contributed by atoms with Gasteiger partial charge in [-0.2, -0.15) is 0 Å². The van der Waals surface area contributed by atoms with Crippen molar-refractivity contribution in [2.24, 2.45) is 0 Å². The number of hydrogen-bond acceptors (Lipinski definition) is 6. The Balaban J connectivity index is 2.06. The Morgan fingerprint density at radius 1 is 1.52 bits per heavy atom. The highest BCUT2D eigenvalue weighted by Gasteiger charge is 2.19. The topological polar surface area (TPSA) is 93.7 Å². The molecule has 1 aromatic rings. The fourth-order valence-corrected chi connectivity index (χ4v) is 3.08. The zero-order chi connectivity index (χ0) is 15.3. The molecule has 0 bridgehead atoms. The Hall–Kier alpha value is -1.48. The van der Waals surface area contributed by atoms with E-state index >= 15 is 0 Å². The predicted octanol–water partition coefficient (Wildman–Crippen LogP) is -0.260. The van der Waals surface area contributed by atoms with Crippen LogP contribution in [0.5, 0.6) is 0 Å². The van der Waals surface area contributed by atoms with E-state index < -0.39 is 16.0 Å². The van der Waals surface area contributed by atoms with Crippen molar-refractivity contribution >= 4 is 16.0 Å². The van der Waals surface area contributed by atoms with Crippen molar-refractivity contribution in [2.45, 2.75) is 10.9 Å². The number of nitrogens with one attached hydrogen (secondary N) is 2. The lowest BCUT2D eigenvalue weighted by molar-refractivity contribution is 0.0600. The van der Waals surface area contributed by atoms with E-state index in [1.165, 1.54) is 31.4 Å². The van der Waals surface area contributed by atoms with E-state index in [-0.39, 0.29) is 23.0 Å². The van der Waals surface area contributed by atoms with Gasteiger partial charge in [0.25, 0.3) is 0 Å². The minimum absolute atomic E-state index is 0.0297. The van der Waals surface area contributed by atoms with E-state index in [1.54, 1.807) is 0 Å². The second-order valence-corrected chi connectivity index (χ2v) is 6.36. The highest BCUT2D eigenvalue weighted by Crippen LogP contribution is 2.12. The van der Waals surface area contributed by atoms with Crippen molar-refractivity contribution in [2.75, 3.05) is 33.4 Å². The minimum atomic E-state index is -3.68. The van der Waals surface area contributed by atoms with E-state index in [0.717, 1.165) is 0 Å². The molecule has 1 aliphatic rings. The second kappa shape index (κ2) is 6.99. The summed E-state index contributed by atoms with van der Waals surface area (Å²) in [7, 11) is -2.43. The number of benzene rings is 1. The molecule has 1 aliphatic heterocycles. The van der Waals surface area contributed by atoms with Crippen LogP contribution in [0.3, 0.4) is 0 Å². The normalized spacial score (nSPS) is 19.2. The van der Waals surface area contributed by atoms with Crippen LogP contribution in [0.15, 0.2) is 29.2 Å². The van der Waals surface area contributed by atoms with Crippen LogP contribution in [0.4, 0.5) is 0 Å². The molecule has 2 rings (SSSR count). The summed E-state index contributed by atoms with van der Waals surface area (Å²) in [4.78, 5) is 11.5. The molecule has 2 N–H and O–H groups in total. The van der Waals surface area contributed by atoms with E-state index in [0.29, 0.717) is 19.8 Å². The Kier molecular flexibility index (Phi) is 5.29. The van der Waals surface area contributed by atoms with E-state index in [1.807, 2.05) is 0 Å². The maximum atomic E-state index is 12.2. The van der Waals surface area contributed by atoms with Gasteiger partial charge in [-0.3, -0.25) is 0 Å². The molecule has 1 atom stereocenters. The number of ether oxygens (including phenoxy) is 2. The molecule has 1 unspecified atom stereocenters. The first kappa shape index (κ1) is 15.9. The number of methoxy groups -OCH3 is 1. The lowest BCUT2D eigenvalue weighted by Gasteiger charge is -2.23. The molecule has 21 heavy (non-hydrogen) atoms. The van der Waals surface area contributed by atoms with Gasteiger partial charge in [0.1, 0.15) is 0 Å². The van der Waals surface area contributed by atoms with Gasteiger partial charge in [0.05, 0.1) is 30.8 Å². The lowest BCUT2D eigenvalue weighted by Crippen LogP contribution is -2.48. The molecular weight excluding hydrogens is 296 g/mol. The maximum absolute atomic E-state index is 12.2. The summed E-state index contributed by atoms with van der Waals surface area (Å²) >= 11 is 0. The van der Waals surface area contributed by atoms with Crippen LogP contribution < -0.4 is 10.0 Å². The Morgan fingerprint density at radius 3 is 3.00 bits per heavy atom. The van der Waals surface area contributed by atoms with Crippen LogP contribution in [0.2, 0.25) is 0 Å². The lowest BCUT2D eigenvalue weighted by atomic mass is 10.2. The number of sulfonamides is 1. The Labute approximate surface area is 123 Å². The van der Waals surface area contributed by atoms with E-state index in [9.17, 15) is 13.2 Å². The van der Waals surface area contributed by atoms with Gasteiger partial charge in [0, 0.05) is 19.1 Å². The summed E-state index contributed by atoms with van der Waals surface area (Å²) < 4.78 is 36.8. The second-order valence-electron chi connectivity index (χ2n) is 4.60. The molecule has 0 aliphatic carbocycles. The summed E-state index contributed by atoms with van der Waals surface area (Å²) in [6.07, 6.45) is 0. The standard InChI is InChI=1S/C13H18N2O5S/c1-19-13(16)10-3-2-4-12(7-10)21(17,18)15-8-11-9-20-6-5-14-11/h2-4,7,11,14-15H,5-6,8-9H2,1H3. The number of hydrogen-bond donors (Lipinski definition) is 2. The molecule has 0 saturated carbocycles. The third-order valence-corrected chi connectivity index (χ3v) is 4.50. The van der Waals surface area contributed by atoms with Crippen molar-refractivity contribution in [1.29, 1.82) is 0 Å². The van der Waals surface area contributed by atoms with Gasteiger partial charge >= 0.3 is 5.97 Å². The van der Waals surface area contributed by atoms with Gasteiger partial charge < -0.3 is 14.8 Å². The first-order valence-corrected chi connectivity index (χ1v) is 8.00. The van der Waals surface area contributed by atoms with Crippen LogP contribution in [-0.4, -0.2) is 53.8 Å². The van der Waals surface area contributed by atoms with Crippen molar-refractivity contribution in [1.82, 2.24) is 10.0 Å². The highest BCUT2D eigenvalue weighted by atomic mass is 32.2. The van der Waals surface area contributed by atoms with Crippen LogP contribution in [0.1, 0.15) is 10.4 Å². The first-order valence-electron chi connectivity index (χ1n) is 6.52. The van der Waals surface area contributed by atoms with Crippen LogP contribution >= 0.6 is 0 Å². The zero-order valence-corrected chi connectivity index (χ0v) is 12.5. The van der Waals surface area contributed by atoms with Gasteiger partial charge in [-0.25, -0.2) is 17.9 Å². The minimum Gasteiger partial charge on any atom is -0.465 e.